The van der Waals surface area contributed by atoms with Crippen LogP contribution in [0.5, 0.6) is 0 Å². The quantitative estimate of drug-likeness (QED) is 0.780. The van der Waals surface area contributed by atoms with Crippen LogP contribution in [0.25, 0.3) is 0 Å². The molecule has 2 nitrogen and oxygen atoms in total. The largest absolute Gasteiger partial charge is 0.372 e. The predicted octanol–water partition coefficient (Wildman–Crippen LogP) is 2.40. The van der Waals surface area contributed by atoms with Crippen molar-refractivity contribution in [2.24, 2.45) is 0 Å². The number of hydrogen-bond acceptors (Lipinski definition) is 2. The summed E-state index contributed by atoms with van der Waals surface area (Å²) in [5, 5.41) is 3.43. The minimum atomic E-state index is 0.398. The summed E-state index contributed by atoms with van der Waals surface area (Å²) in [6.07, 6.45) is 0.398. The highest BCUT2D eigenvalue weighted by Gasteiger charge is 2.35. The van der Waals surface area contributed by atoms with Crippen LogP contribution >= 0.6 is 0 Å². The zero-order chi connectivity index (χ0) is 11.1. The molecule has 0 bridgehead atoms. The van der Waals surface area contributed by atoms with Crippen LogP contribution in [0, 0.1) is 0 Å². The third-order valence-corrected chi connectivity index (χ3v) is 3.87. The Kier molecular flexibility index (Phi) is 2.49. The van der Waals surface area contributed by atoms with Gasteiger partial charge in [-0.3, -0.25) is 0 Å². The summed E-state index contributed by atoms with van der Waals surface area (Å²) >= 11 is 0. The van der Waals surface area contributed by atoms with Crippen molar-refractivity contribution in [2.45, 2.75) is 38.4 Å². The summed E-state index contributed by atoms with van der Waals surface area (Å²) in [6, 6.07) is 6.73. The van der Waals surface area contributed by atoms with Crippen LogP contribution in [-0.4, -0.2) is 19.2 Å². The zero-order valence-electron chi connectivity index (χ0n) is 9.99. The number of ether oxygens (including phenoxy) is 1. The second-order valence-corrected chi connectivity index (χ2v) is 5.18. The molecule has 2 heteroatoms. The smallest absolute Gasteiger partial charge is 0.0784 e. The summed E-state index contributed by atoms with van der Waals surface area (Å²) in [5.41, 5.74) is 4.43. The lowest BCUT2D eigenvalue weighted by Gasteiger charge is -2.30. The van der Waals surface area contributed by atoms with Gasteiger partial charge in [-0.05, 0) is 22.6 Å². The number of hydrogen-bond donors (Lipinski definition) is 1. The second kappa shape index (κ2) is 3.86. The first-order valence-corrected chi connectivity index (χ1v) is 6.21. The van der Waals surface area contributed by atoms with Crippen molar-refractivity contribution in [3.63, 3.8) is 0 Å². The Morgan fingerprint density at radius 3 is 3.00 bits per heavy atom. The number of benzene rings is 1. The van der Waals surface area contributed by atoms with Gasteiger partial charge in [-0.2, -0.15) is 0 Å². The molecule has 0 saturated carbocycles. The van der Waals surface area contributed by atoms with E-state index in [0.29, 0.717) is 17.9 Å². The molecule has 1 N–H and O–H groups in total. The Labute approximate surface area is 97.0 Å². The lowest BCUT2D eigenvalue weighted by Crippen LogP contribution is -2.27. The molecular weight excluding hydrogens is 198 g/mol. The van der Waals surface area contributed by atoms with Gasteiger partial charge in [0.15, 0.2) is 0 Å². The second-order valence-electron chi connectivity index (χ2n) is 5.18. The Morgan fingerprint density at radius 2 is 2.19 bits per heavy atom. The van der Waals surface area contributed by atoms with Crippen molar-refractivity contribution in [3.05, 3.63) is 34.9 Å². The first-order valence-electron chi connectivity index (χ1n) is 6.21. The van der Waals surface area contributed by atoms with Crippen molar-refractivity contribution in [3.8, 4) is 0 Å². The molecule has 0 unspecified atom stereocenters. The van der Waals surface area contributed by atoms with E-state index in [2.05, 4.69) is 37.4 Å². The molecule has 0 radical (unpaired) electrons. The van der Waals surface area contributed by atoms with Crippen LogP contribution in [-0.2, 0) is 11.3 Å². The van der Waals surface area contributed by atoms with Crippen molar-refractivity contribution in [1.82, 2.24) is 5.32 Å². The van der Waals surface area contributed by atoms with Crippen LogP contribution in [0.2, 0.25) is 0 Å². The van der Waals surface area contributed by atoms with Gasteiger partial charge < -0.3 is 10.1 Å². The molecule has 1 aromatic carbocycles. The first kappa shape index (κ1) is 10.3. The highest BCUT2D eigenvalue weighted by molar-refractivity contribution is 5.41. The van der Waals surface area contributed by atoms with E-state index in [0.717, 1.165) is 19.7 Å². The molecule has 3 rings (SSSR count). The van der Waals surface area contributed by atoms with Crippen LogP contribution in [0.1, 0.15) is 42.4 Å². The average molecular weight is 217 g/mol. The molecule has 1 saturated heterocycles. The molecular formula is C14H19NO. The number of rotatable bonds is 1. The third-order valence-electron chi connectivity index (χ3n) is 3.87. The molecule has 0 aromatic heterocycles. The molecule has 2 heterocycles. The van der Waals surface area contributed by atoms with E-state index in [-0.39, 0.29) is 0 Å². The average Bonchev–Trinajstić information content (AvgIpc) is 2.76. The van der Waals surface area contributed by atoms with E-state index >= 15 is 0 Å². The lowest BCUT2D eigenvalue weighted by atomic mass is 9.84. The Hall–Kier alpha value is -0.860. The molecule has 1 fully saturated rings. The molecule has 0 aliphatic carbocycles. The molecule has 2 aliphatic rings. The van der Waals surface area contributed by atoms with E-state index in [4.69, 9.17) is 4.74 Å². The van der Waals surface area contributed by atoms with Gasteiger partial charge in [0.25, 0.3) is 0 Å². The number of fused-ring (bicyclic) bond motifs is 3. The van der Waals surface area contributed by atoms with Gasteiger partial charge in [-0.1, -0.05) is 32.0 Å². The highest BCUT2D eigenvalue weighted by Crippen LogP contribution is 2.36. The first-order chi connectivity index (χ1) is 7.77. The topological polar surface area (TPSA) is 21.3 Å². The van der Waals surface area contributed by atoms with Gasteiger partial charge in [0, 0.05) is 19.0 Å². The van der Waals surface area contributed by atoms with E-state index in [9.17, 15) is 0 Å². The minimum absolute atomic E-state index is 0.398. The van der Waals surface area contributed by atoms with Gasteiger partial charge in [0.05, 0.1) is 12.7 Å². The summed E-state index contributed by atoms with van der Waals surface area (Å²) in [4.78, 5) is 0. The fourth-order valence-corrected chi connectivity index (χ4v) is 3.01. The molecule has 1 aromatic rings. The normalized spacial score (nSPS) is 27.9. The van der Waals surface area contributed by atoms with E-state index in [1.54, 1.807) is 0 Å². The van der Waals surface area contributed by atoms with Gasteiger partial charge in [0.2, 0.25) is 0 Å². The summed E-state index contributed by atoms with van der Waals surface area (Å²) in [7, 11) is 0. The van der Waals surface area contributed by atoms with Crippen LogP contribution in [0.3, 0.4) is 0 Å². The third kappa shape index (κ3) is 1.48. The highest BCUT2D eigenvalue weighted by atomic mass is 16.5. The maximum atomic E-state index is 5.96. The predicted molar refractivity (Wildman–Crippen MR) is 64.7 cm³/mol. The fourth-order valence-electron chi connectivity index (χ4n) is 3.01. The zero-order valence-corrected chi connectivity index (χ0v) is 9.99. The van der Waals surface area contributed by atoms with Crippen LogP contribution in [0.15, 0.2) is 18.2 Å². The van der Waals surface area contributed by atoms with Crippen molar-refractivity contribution < 1.29 is 4.74 Å². The monoisotopic (exact) mass is 217 g/mol. The van der Waals surface area contributed by atoms with Gasteiger partial charge >= 0.3 is 0 Å². The fraction of sp³-hybridized carbons (Fsp3) is 0.571. The Bertz CT molecular complexity index is 400. The van der Waals surface area contributed by atoms with Crippen molar-refractivity contribution >= 4 is 0 Å². The van der Waals surface area contributed by atoms with E-state index in [1.165, 1.54) is 16.7 Å². The summed E-state index contributed by atoms with van der Waals surface area (Å²) < 4.78 is 5.96. The molecule has 2 aliphatic heterocycles. The lowest BCUT2D eigenvalue weighted by molar-refractivity contribution is 0.0293. The minimum Gasteiger partial charge on any atom is -0.372 e. The van der Waals surface area contributed by atoms with E-state index < -0.39 is 0 Å². The standard InChI is InChI=1S/C14H19NO/c1-9(2)10-4-3-5-11-12-6-15-7-14(12)16-8-13(10)11/h3-5,9,12,14-15H,6-8H2,1-2H3/t12-,14+/m0/s1. The maximum absolute atomic E-state index is 5.96. The van der Waals surface area contributed by atoms with Crippen LogP contribution in [0.4, 0.5) is 0 Å². The van der Waals surface area contributed by atoms with Crippen LogP contribution < -0.4 is 5.32 Å². The van der Waals surface area contributed by atoms with Crippen molar-refractivity contribution in [1.29, 1.82) is 0 Å². The molecule has 0 spiro atoms. The maximum Gasteiger partial charge on any atom is 0.0784 e. The van der Waals surface area contributed by atoms with Crippen molar-refractivity contribution in [2.75, 3.05) is 13.1 Å². The Balaban J connectivity index is 2.07. The molecule has 86 valence electrons. The number of nitrogens with one attached hydrogen (secondary N) is 1. The molecule has 16 heavy (non-hydrogen) atoms. The summed E-state index contributed by atoms with van der Waals surface area (Å²) in [5.74, 6) is 1.16. The van der Waals surface area contributed by atoms with Gasteiger partial charge in [-0.15, -0.1) is 0 Å². The summed E-state index contributed by atoms with van der Waals surface area (Å²) in [6.45, 7) is 7.39. The van der Waals surface area contributed by atoms with Gasteiger partial charge in [0.1, 0.15) is 0 Å². The Morgan fingerprint density at radius 1 is 1.31 bits per heavy atom. The molecule has 2 atom stereocenters. The van der Waals surface area contributed by atoms with E-state index in [1.807, 2.05) is 0 Å². The SMILES string of the molecule is CC(C)c1cccc2c1CO[C@@H]1CNC[C@@H]21. The molecule has 0 amide bonds. The van der Waals surface area contributed by atoms with Gasteiger partial charge in [-0.25, -0.2) is 0 Å².